The summed E-state index contributed by atoms with van der Waals surface area (Å²) in [5.41, 5.74) is 13.8. The summed E-state index contributed by atoms with van der Waals surface area (Å²) < 4.78 is 30.6. The van der Waals surface area contributed by atoms with Crippen molar-refractivity contribution in [2.45, 2.75) is 51.8 Å². The molecule has 0 aliphatic rings. The first-order chi connectivity index (χ1) is 21.6. The van der Waals surface area contributed by atoms with Crippen LogP contribution in [0.5, 0.6) is 11.5 Å². The van der Waals surface area contributed by atoms with Crippen LogP contribution in [0.2, 0.25) is 0 Å². The van der Waals surface area contributed by atoms with E-state index in [-0.39, 0.29) is 41.3 Å². The molecular formula is C34H43FN4O6. The SMILES string of the molecule is CCCN(CCC)C(=O)c1cc(C(N)=O)cc(C(=O)O[C@H](CNCc2cccc(OC)c2)[C@@H](N)Cc2ccc(OC)c(F)c2)c1. The minimum Gasteiger partial charge on any atom is -0.497 e. The molecule has 0 aliphatic carbocycles. The van der Waals surface area contributed by atoms with Gasteiger partial charge in [-0.15, -0.1) is 0 Å². The number of nitrogens with zero attached hydrogens (tertiary/aromatic N) is 1. The van der Waals surface area contributed by atoms with Crippen molar-refractivity contribution in [3.05, 3.63) is 94.3 Å². The van der Waals surface area contributed by atoms with Crippen molar-refractivity contribution < 1.29 is 33.0 Å². The lowest BCUT2D eigenvalue weighted by Crippen LogP contribution is -2.46. The van der Waals surface area contributed by atoms with Crippen LogP contribution in [-0.4, -0.2) is 68.7 Å². The second-order valence-corrected chi connectivity index (χ2v) is 10.7. The predicted molar refractivity (Wildman–Crippen MR) is 170 cm³/mol. The smallest absolute Gasteiger partial charge is 0.338 e. The zero-order valence-electron chi connectivity index (χ0n) is 26.3. The fraction of sp³-hybridized carbons (Fsp3) is 0.382. The summed E-state index contributed by atoms with van der Waals surface area (Å²) in [6, 6.07) is 15.4. The van der Waals surface area contributed by atoms with Crippen molar-refractivity contribution >= 4 is 17.8 Å². The topological polar surface area (TPSA) is 146 Å². The number of carbonyl (C=O) groups is 3. The standard InChI is InChI=1S/C34H43FN4O6/c1-5-12-39(13-6-2)33(41)25-17-24(32(37)40)18-26(19-25)34(42)45-31(21-38-20-23-8-7-9-27(14-23)43-3)29(36)16-22-10-11-30(44-4)28(35)15-22/h7-11,14-15,17-19,29,31,38H,5-6,12-13,16,20-21,36H2,1-4H3,(H2,37,40)/t29-,31+/m0/s1. The van der Waals surface area contributed by atoms with Crippen LogP contribution in [0.25, 0.3) is 0 Å². The second kappa shape index (κ2) is 17.1. The van der Waals surface area contributed by atoms with Gasteiger partial charge in [-0.1, -0.05) is 32.0 Å². The Morgan fingerprint density at radius 3 is 2.20 bits per heavy atom. The van der Waals surface area contributed by atoms with Crippen molar-refractivity contribution in [2.24, 2.45) is 11.5 Å². The van der Waals surface area contributed by atoms with Crippen molar-refractivity contribution in [3.8, 4) is 11.5 Å². The minimum absolute atomic E-state index is 0.00598. The quantitative estimate of drug-likeness (QED) is 0.191. The van der Waals surface area contributed by atoms with E-state index in [0.29, 0.717) is 30.9 Å². The second-order valence-electron chi connectivity index (χ2n) is 10.7. The third kappa shape index (κ3) is 10.0. The maximum absolute atomic E-state index is 14.4. The highest BCUT2D eigenvalue weighted by molar-refractivity contribution is 6.03. The molecule has 2 atom stereocenters. The highest BCUT2D eigenvalue weighted by Gasteiger charge is 2.26. The molecule has 10 nitrogen and oxygen atoms in total. The number of primary amides is 1. The normalized spacial score (nSPS) is 12.2. The molecule has 0 saturated carbocycles. The van der Waals surface area contributed by atoms with Crippen LogP contribution in [0.15, 0.2) is 60.7 Å². The third-order valence-corrected chi connectivity index (χ3v) is 7.21. The lowest BCUT2D eigenvalue weighted by molar-refractivity contribution is 0.0238. The molecule has 5 N–H and O–H groups in total. The summed E-state index contributed by atoms with van der Waals surface area (Å²) in [6.45, 7) is 5.56. The molecule has 0 unspecified atom stereocenters. The van der Waals surface area contributed by atoms with Gasteiger partial charge in [0.15, 0.2) is 11.6 Å². The van der Waals surface area contributed by atoms with Gasteiger partial charge >= 0.3 is 5.97 Å². The van der Waals surface area contributed by atoms with E-state index in [1.807, 2.05) is 38.1 Å². The van der Waals surface area contributed by atoms with Gasteiger partial charge < -0.3 is 35.9 Å². The summed E-state index contributed by atoms with van der Waals surface area (Å²) in [5.74, 6) is -1.61. The van der Waals surface area contributed by atoms with Gasteiger partial charge in [0.1, 0.15) is 11.9 Å². The molecule has 3 rings (SSSR count). The Morgan fingerprint density at radius 2 is 1.58 bits per heavy atom. The number of hydrogen-bond acceptors (Lipinski definition) is 8. The summed E-state index contributed by atoms with van der Waals surface area (Å²) in [7, 11) is 2.96. The van der Waals surface area contributed by atoms with Gasteiger partial charge in [-0.25, -0.2) is 9.18 Å². The molecule has 0 radical (unpaired) electrons. The van der Waals surface area contributed by atoms with E-state index in [1.165, 1.54) is 37.4 Å². The number of amides is 2. The fourth-order valence-electron chi connectivity index (χ4n) is 4.92. The molecule has 0 fully saturated rings. The maximum Gasteiger partial charge on any atom is 0.338 e. The molecule has 2 amide bonds. The van der Waals surface area contributed by atoms with Crippen molar-refractivity contribution in [2.75, 3.05) is 33.9 Å². The van der Waals surface area contributed by atoms with Gasteiger partial charge in [0.2, 0.25) is 5.91 Å². The molecule has 0 aromatic heterocycles. The summed E-state index contributed by atoms with van der Waals surface area (Å²) in [4.78, 5) is 40.7. The molecule has 0 aliphatic heterocycles. The van der Waals surface area contributed by atoms with E-state index in [1.54, 1.807) is 18.1 Å². The third-order valence-electron chi connectivity index (χ3n) is 7.21. The number of hydrogen-bond donors (Lipinski definition) is 3. The van der Waals surface area contributed by atoms with Gasteiger partial charge in [0, 0.05) is 43.3 Å². The summed E-state index contributed by atoms with van der Waals surface area (Å²) in [6.07, 6.45) is 0.808. The zero-order chi connectivity index (χ0) is 32.9. The Kier molecular flexibility index (Phi) is 13.3. The molecular weight excluding hydrogens is 579 g/mol. The zero-order valence-corrected chi connectivity index (χ0v) is 26.3. The Balaban J connectivity index is 1.88. The van der Waals surface area contributed by atoms with Crippen LogP contribution in [-0.2, 0) is 17.7 Å². The number of nitrogens with two attached hydrogens (primary N) is 2. The number of carbonyl (C=O) groups excluding carboxylic acids is 3. The van der Waals surface area contributed by atoms with E-state index in [2.05, 4.69) is 5.32 Å². The van der Waals surface area contributed by atoms with Crippen molar-refractivity contribution in [1.82, 2.24) is 10.2 Å². The number of esters is 1. The van der Waals surface area contributed by atoms with Crippen LogP contribution >= 0.6 is 0 Å². The monoisotopic (exact) mass is 622 g/mol. The van der Waals surface area contributed by atoms with E-state index in [9.17, 15) is 18.8 Å². The molecule has 0 bridgehead atoms. The Hall–Kier alpha value is -4.48. The maximum atomic E-state index is 14.4. The highest BCUT2D eigenvalue weighted by atomic mass is 19.1. The summed E-state index contributed by atoms with van der Waals surface area (Å²) >= 11 is 0. The van der Waals surface area contributed by atoms with Gasteiger partial charge in [-0.05, 0) is 72.9 Å². The van der Waals surface area contributed by atoms with Crippen LogP contribution < -0.4 is 26.3 Å². The van der Waals surface area contributed by atoms with Gasteiger partial charge in [-0.2, -0.15) is 0 Å². The lowest BCUT2D eigenvalue weighted by atomic mass is 10.0. The Morgan fingerprint density at radius 1 is 0.889 bits per heavy atom. The lowest BCUT2D eigenvalue weighted by Gasteiger charge is -2.25. The largest absolute Gasteiger partial charge is 0.497 e. The molecule has 0 spiro atoms. The number of rotatable bonds is 17. The van der Waals surface area contributed by atoms with Crippen LogP contribution in [0, 0.1) is 5.82 Å². The first-order valence-corrected chi connectivity index (χ1v) is 15.0. The van der Waals surface area contributed by atoms with Crippen LogP contribution in [0.1, 0.15) is 68.9 Å². The van der Waals surface area contributed by atoms with Gasteiger partial charge in [-0.3, -0.25) is 9.59 Å². The minimum atomic E-state index is -0.874. The van der Waals surface area contributed by atoms with Gasteiger partial charge in [0.05, 0.1) is 19.8 Å². The highest BCUT2D eigenvalue weighted by Crippen LogP contribution is 2.20. The van der Waals surface area contributed by atoms with E-state index < -0.39 is 29.8 Å². The Bertz CT molecular complexity index is 1460. The van der Waals surface area contributed by atoms with Crippen molar-refractivity contribution in [3.63, 3.8) is 0 Å². The molecule has 3 aromatic carbocycles. The van der Waals surface area contributed by atoms with E-state index >= 15 is 0 Å². The van der Waals surface area contributed by atoms with E-state index in [0.717, 1.165) is 18.4 Å². The first kappa shape index (κ1) is 35.0. The fourth-order valence-corrected chi connectivity index (χ4v) is 4.92. The molecule has 242 valence electrons. The average Bonchev–Trinajstić information content (AvgIpc) is 3.03. The van der Waals surface area contributed by atoms with Crippen LogP contribution in [0.3, 0.4) is 0 Å². The predicted octanol–water partition coefficient (Wildman–Crippen LogP) is 4.09. The first-order valence-electron chi connectivity index (χ1n) is 15.0. The van der Waals surface area contributed by atoms with Gasteiger partial charge in [0.25, 0.3) is 5.91 Å². The molecule has 0 saturated heterocycles. The average molecular weight is 623 g/mol. The molecule has 11 heteroatoms. The Labute approximate surface area is 263 Å². The molecule has 3 aromatic rings. The number of methoxy groups -OCH3 is 2. The van der Waals surface area contributed by atoms with E-state index in [4.69, 9.17) is 25.7 Å². The number of nitrogens with one attached hydrogen (secondary N) is 1. The number of benzene rings is 3. The van der Waals surface area contributed by atoms with Crippen molar-refractivity contribution in [1.29, 1.82) is 0 Å². The number of halogens is 1. The molecule has 0 heterocycles. The van der Waals surface area contributed by atoms with Crippen LogP contribution in [0.4, 0.5) is 4.39 Å². The summed E-state index contributed by atoms with van der Waals surface area (Å²) in [5, 5.41) is 3.27. The molecule has 45 heavy (non-hydrogen) atoms. The number of ether oxygens (including phenoxy) is 3.